The van der Waals surface area contributed by atoms with Crippen LogP contribution in [0.4, 0.5) is 0 Å². The number of carbonyl (C=O) groups excluding carboxylic acids is 1. The molecule has 0 saturated carbocycles. The minimum absolute atomic E-state index is 0.0682. The highest BCUT2D eigenvalue weighted by atomic mass is 32.2. The molecule has 0 fully saturated rings. The van der Waals surface area contributed by atoms with Gasteiger partial charge in [0.15, 0.2) is 5.84 Å². The van der Waals surface area contributed by atoms with Gasteiger partial charge >= 0.3 is 0 Å². The van der Waals surface area contributed by atoms with Gasteiger partial charge < -0.3 is 4.57 Å². The number of thioether (sulfide) groups is 1. The first-order valence-electron chi connectivity index (χ1n) is 10.5. The van der Waals surface area contributed by atoms with Gasteiger partial charge in [0.25, 0.3) is 5.91 Å². The number of hydrazone groups is 1. The number of fused-ring (bicyclic) bond motifs is 2. The number of rotatable bonds is 3. The Balaban J connectivity index is 1.55. The lowest BCUT2D eigenvalue weighted by molar-refractivity contribution is -0.114. The van der Waals surface area contributed by atoms with Gasteiger partial charge in [0.05, 0.1) is 5.57 Å². The van der Waals surface area contributed by atoms with Crippen LogP contribution in [-0.2, 0) is 4.79 Å². The lowest BCUT2D eigenvalue weighted by atomic mass is 10.1. The van der Waals surface area contributed by atoms with Crippen LogP contribution in [0.2, 0.25) is 0 Å². The predicted molar refractivity (Wildman–Crippen MR) is 133 cm³/mol. The summed E-state index contributed by atoms with van der Waals surface area (Å²) in [4.78, 5) is 16.9. The Morgan fingerprint density at radius 1 is 1.06 bits per heavy atom. The summed E-state index contributed by atoms with van der Waals surface area (Å²) in [6.07, 6.45) is 1.76. The van der Waals surface area contributed by atoms with Gasteiger partial charge in [-0.25, -0.2) is 0 Å². The van der Waals surface area contributed by atoms with Crippen molar-refractivity contribution in [3.63, 3.8) is 0 Å². The number of aliphatic imine (C=N–C) groups is 1. The maximum atomic E-state index is 12.8. The van der Waals surface area contributed by atoms with Crippen LogP contribution in [0.5, 0.6) is 0 Å². The molecule has 0 atom stereocenters. The molecule has 7 heteroatoms. The molecule has 1 aromatic heterocycles. The molecular formula is C25H23N5OS. The van der Waals surface area contributed by atoms with Crippen molar-refractivity contribution in [2.24, 2.45) is 16.0 Å². The summed E-state index contributed by atoms with van der Waals surface area (Å²) in [7, 11) is 0. The third-order valence-electron chi connectivity index (χ3n) is 5.73. The van der Waals surface area contributed by atoms with Crippen molar-refractivity contribution in [1.29, 1.82) is 5.41 Å². The van der Waals surface area contributed by atoms with Crippen LogP contribution in [0.15, 0.2) is 64.2 Å². The molecule has 2 aliphatic heterocycles. The van der Waals surface area contributed by atoms with E-state index in [0.29, 0.717) is 5.17 Å². The molecule has 1 amide bonds. The highest BCUT2D eigenvalue weighted by Crippen LogP contribution is 2.32. The summed E-state index contributed by atoms with van der Waals surface area (Å²) < 4.78 is 2.17. The summed E-state index contributed by atoms with van der Waals surface area (Å²) in [6, 6.07) is 16.7. The van der Waals surface area contributed by atoms with Crippen LogP contribution < -0.4 is 0 Å². The smallest absolute Gasteiger partial charge is 0.283 e. The third-order valence-corrected chi connectivity index (χ3v) is 6.93. The number of amidine groups is 2. The molecule has 1 N–H and O–H groups in total. The van der Waals surface area contributed by atoms with E-state index in [1.807, 2.05) is 45.9 Å². The molecule has 0 saturated heterocycles. The van der Waals surface area contributed by atoms with Crippen molar-refractivity contribution in [2.75, 3.05) is 0 Å². The summed E-state index contributed by atoms with van der Waals surface area (Å²) >= 11 is 1.36. The Morgan fingerprint density at radius 2 is 1.81 bits per heavy atom. The van der Waals surface area contributed by atoms with Crippen LogP contribution in [0.3, 0.4) is 0 Å². The van der Waals surface area contributed by atoms with Gasteiger partial charge in [-0.15, -0.1) is 0 Å². The molecule has 2 aliphatic rings. The minimum atomic E-state index is -0.399. The predicted octanol–water partition coefficient (Wildman–Crippen LogP) is 5.52. The number of nitrogens with one attached hydrogen (secondary N) is 1. The maximum absolute atomic E-state index is 12.8. The van der Waals surface area contributed by atoms with Gasteiger partial charge in [-0.05, 0) is 66.2 Å². The SMILES string of the molecule is Cc1cc(/C=C2\C(=N)N3N=C(C(C)C)SC3=NC2=O)c(C)n1-c1ccc2ccccc2c1. The van der Waals surface area contributed by atoms with Crippen LogP contribution in [0.1, 0.15) is 30.8 Å². The first-order chi connectivity index (χ1) is 15.3. The monoisotopic (exact) mass is 441 g/mol. The van der Waals surface area contributed by atoms with E-state index in [-0.39, 0.29) is 17.3 Å². The number of benzene rings is 2. The largest absolute Gasteiger partial charge is 0.318 e. The van der Waals surface area contributed by atoms with Crippen molar-refractivity contribution < 1.29 is 4.79 Å². The van der Waals surface area contributed by atoms with Crippen molar-refractivity contribution in [3.05, 3.63) is 71.1 Å². The summed E-state index contributed by atoms with van der Waals surface area (Å²) in [5, 5.41) is 18.3. The van der Waals surface area contributed by atoms with Crippen LogP contribution in [0, 0.1) is 25.2 Å². The van der Waals surface area contributed by atoms with Crippen molar-refractivity contribution >= 4 is 50.6 Å². The Labute approximate surface area is 190 Å². The molecule has 0 radical (unpaired) electrons. The second-order valence-electron chi connectivity index (χ2n) is 8.31. The van der Waals surface area contributed by atoms with E-state index in [0.717, 1.165) is 27.7 Å². The fourth-order valence-corrected chi connectivity index (χ4v) is 4.93. The van der Waals surface area contributed by atoms with Crippen molar-refractivity contribution in [1.82, 2.24) is 9.58 Å². The van der Waals surface area contributed by atoms with E-state index < -0.39 is 5.91 Å². The average molecular weight is 442 g/mol. The first-order valence-corrected chi connectivity index (χ1v) is 11.3. The quantitative estimate of drug-likeness (QED) is 0.544. The fourth-order valence-electron chi connectivity index (χ4n) is 4.04. The standard InChI is InChI=1S/C25H23N5OS/c1-14(2)24-28-30-22(26)21(23(31)27-25(30)32-24)13-19-11-15(3)29(16(19)4)20-10-9-17-7-5-6-8-18(17)12-20/h5-14,26H,1-4H3/b21-13+,26-22?. The number of nitrogens with zero attached hydrogens (tertiary/aromatic N) is 4. The molecule has 160 valence electrons. The summed E-state index contributed by atoms with van der Waals surface area (Å²) in [5.41, 5.74) is 4.27. The van der Waals surface area contributed by atoms with Crippen LogP contribution >= 0.6 is 11.8 Å². The third kappa shape index (κ3) is 3.29. The van der Waals surface area contributed by atoms with E-state index in [4.69, 9.17) is 5.41 Å². The van der Waals surface area contributed by atoms with E-state index in [9.17, 15) is 4.79 Å². The molecule has 0 unspecified atom stereocenters. The van der Waals surface area contributed by atoms with E-state index in [1.165, 1.54) is 27.5 Å². The number of hydrogen-bond donors (Lipinski definition) is 1. The van der Waals surface area contributed by atoms with Gasteiger partial charge in [-0.2, -0.15) is 15.1 Å². The lowest BCUT2D eigenvalue weighted by Gasteiger charge is -2.20. The van der Waals surface area contributed by atoms with Gasteiger partial charge in [0.2, 0.25) is 5.17 Å². The van der Waals surface area contributed by atoms with Crippen LogP contribution in [-0.4, -0.2) is 31.5 Å². The first kappa shape index (κ1) is 20.5. The molecule has 6 nitrogen and oxygen atoms in total. The maximum Gasteiger partial charge on any atom is 0.283 e. The van der Waals surface area contributed by atoms with Gasteiger partial charge in [0, 0.05) is 23.0 Å². The molecule has 0 bridgehead atoms. The highest BCUT2D eigenvalue weighted by molar-refractivity contribution is 8.27. The van der Waals surface area contributed by atoms with E-state index in [1.54, 1.807) is 6.08 Å². The van der Waals surface area contributed by atoms with E-state index >= 15 is 0 Å². The van der Waals surface area contributed by atoms with E-state index in [2.05, 4.69) is 45.0 Å². The zero-order chi connectivity index (χ0) is 22.6. The average Bonchev–Trinajstić information content (AvgIpc) is 3.31. The fraction of sp³-hybridized carbons (Fsp3) is 0.200. The van der Waals surface area contributed by atoms with Crippen molar-refractivity contribution in [2.45, 2.75) is 27.7 Å². The van der Waals surface area contributed by atoms with Gasteiger partial charge in [-0.1, -0.05) is 44.2 Å². The molecule has 3 aromatic rings. The number of carbonyl (C=O) groups is 1. The Morgan fingerprint density at radius 3 is 2.56 bits per heavy atom. The van der Waals surface area contributed by atoms with Crippen molar-refractivity contribution in [3.8, 4) is 5.69 Å². The molecular weight excluding hydrogens is 418 g/mol. The Hall–Kier alpha value is -3.45. The number of aromatic nitrogens is 1. The lowest BCUT2D eigenvalue weighted by Crippen LogP contribution is -2.35. The second-order valence-corrected chi connectivity index (χ2v) is 9.29. The number of amides is 1. The Bertz CT molecular complexity index is 1390. The molecule has 2 aromatic carbocycles. The highest BCUT2D eigenvalue weighted by Gasteiger charge is 2.36. The molecule has 3 heterocycles. The minimum Gasteiger partial charge on any atom is -0.318 e. The Kier molecular flexibility index (Phi) is 4.86. The summed E-state index contributed by atoms with van der Waals surface area (Å²) in [6.45, 7) is 8.15. The number of aryl methyl sites for hydroxylation is 1. The normalized spacial score (nSPS) is 17.4. The van der Waals surface area contributed by atoms with Gasteiger partial charge in [-0.3, -0.25) is 10.2 Å². The molecule has 0 spiro atoms. The topological polar surface area (TPSA) is 73.8 Å². The molecule has 32 heavy (non-hydrogen) atoms. The molecule has 5 rings (SSSR count). The number of hydrogen-bond acceptors (Lipinski definition) is 4. The zero-order valence-corrected chi connectivity index (χ0v) is 19.2. The second kappa shape index (κ2) is 7.60. The molecule has 0 aliphatic carbocycles. The summed E-state index contributed by atoms with van der Waals surface area (Å²) in [5.74, 6) is -0.118. The van der Waals surface area contributed by atoms with Crippen LogP contribution in [0.25, 0.3) is 22.5 Å². The van der Waals surface area contributed by atoms with Gasteiger partial charge in [0.1, 0.15) is 5.04 Å². The zero-order valence-electron chi connectivity index (χ0n) is 18.4.